The minimum Gasteiger partial charge on any atom is -0.355 e. The fourth-order valence-electron chi connectivity index (χ4n) is 7.68. The first kappa shape index (κ1) is 29.6. The monoisotopic (exact) mass is 622 g/mol. The van der Waals surface area contributed by atoms with Gasteiger partial charge in [0.25, 0.3) is 0 Å². The average molecular weight is 623 g/mol. The van der Waals surface area contributed by atoms with Crippen molar-refractivity contribution in [3.8, 4) is 33.4 Å². The van der Waals surface area contributed by atoms with Crippen molar-refractivity contribution in [2.24, 2.45) is 0 Å². The molecule has 2 aliphatic heterocycles. The lowest BCUT2D eigenvalue weighted by molar-refractivity contribution is 1.28. The van der Waals surface area contributed by atoms with E-state index in [0.717, 1.165) is 67.1 Å². The third kappa shape index (κ3) is 5.20. The third-order valence-electron chi connectivity index (χ3n) is 9.45. The Hall–Kier alpha value is -5.74. The minimum absolute atomic E-state index is 0.903. The smallest absolute Gasteiger partial charge is 0.0737 e. The molecule has 5 heterocycles. The highest BCUT2D eigenvalue weighted by Gasteiger charge is 2.20. The molecule has 3 aromatic carbocycles. The maximum absolute atomic E-state index is 5.27. The molecule has 0 fully saturated rings. The predicted octanol–water partition coefficient (Wildman–Crippen LogP) is 11.5. The summed E-state index contributed by atoms with van der Waals surface area (Å²) < 4.78 is 0. The van der Waals surface area contributed by atoms with Crippen LogP contribution in [-0.2, 0) is 0 Å². The molecule has 0 radical (unpaired) electrons. The normalized spacial score (nSPS) is 12.2. The first-order chi connectivity index (χ1) is 23.2. The second kappa shape index (κ2) is 11.5. The highest BCUT2D eigenvalue weighted by molar-refractivity contribution is 6.01. The van der Waals surface area contributed by atoms with Crippen LogP contribution in [0.15, 0.2) is 84.9 Å². The number of H-pyrrole nitrogens is 2. The molecule has 8 bridgehead atoms. The van der Waals surface area contributed by atoms with E-state index in [1.54, 1.807) is 0 Å². The van der Waals surface area contributed by atoms with Crippen molar-refractivity contribution in [1.29, 1.82) is 0 Å². The lowest BCUT2D eigenvalue weighted by Crippen LogP contribution is -1.94. The number of hydrogen-bond acceptors (Lipinski definition) is 2. The number of nitrogens with zero attached hydrogens (tertiary/aromatic N) is 2. The van der Waals surface area contributed by atoms with Crippen LogP contribution in [0, 0.1) is 41.5 Å². The van der Waals surface area contributed by atoms with Gasteiger partial charge in [0.2, 0.25) is 0 Å². The molecule has 6 aromatic rings. The van der Waals surface area contributed by atoms with E-state index in [9.17, 15) is 0 Å². The molecule has 4 nitrogen and oxygen atoms in total. The van der Waals surface area contributed by atoms with Crippen molar-refractivity contribution >= 4 is 46.4 Å². The zero-order valence-electron chi connectivity index (χ0n) is 28.3. The van der Waals surface area contributed by atoms with Crippen molar-refractivity contribution in [3.63, 3.8) is 0 Å². The maximum atomic E-state index is 5.27. The molecule has 2 aliphatic rings. The van der Waals surface area contributed by atoms with Gasteiger partial charge in [-0.2, -0.15) is 0 Å². The van der Waals surface area contributed by atoms with Crippen LogP contribution in [0.4, 0.5) is 0 Å². The Kier molecular flexibility index (Phi) is 7.10. The van der Waals surface area contributed by atoms with Gasteiger partial charge in [0.05, 0.1) is 28.3 Å². The van der Waals surface area contributed by atoms with Crippen LogP contribution in [-0.4, -0.2) is 19.9 Å². The summed E-state index contributed by atoms with van der Waals surface area (Å²) in [6.07, 6.45) is 8.54. The standard InChI is InChI=1S/C44H38N4/c1-25-18-27(3)40(28(4)19-25)42-37-15-12-32(45-37)22-33-14-17-39(47-33)43(41-29(5)20-26(2)21-30(41)6)44-36(31-10-8-7-9-11-31)24-35(48-44)23-34-13-16-38(42)46-34/h7-24,45,48H,1-6H3. The molecule has 48 heavy (non-hydrogen) atoms. The topological polar surface area (TPSA) is 57.4 Å². The van der Waals surface area contributed by atoms with Gasteiger partial charge in [0, 0.05) is 33.2 Å². The molecule has 3 aromatic heterocycles. The SMILES string of the molecule is Cc1cc(C)c(-c2c3nc(cc4cc(-c5ccccc5)c([nH]4)c(-c4c(C)cc(C)cc4C)c4nc(cc5ccc2[nH]5)C=C4)C=C3)c(C)c1. The molecule has 8 rings (SSSR count). The third-order valence-corrected chi connectivity index (χ3v) is 9.45. The van der Waals surface area contributed by atoms with Gasteiger partial charge in [-0.15, -0.1) is 0 Å². The van der Waals surface area contributed by atoms with E-state index in [0.29, 0.717) is 0 Å². The quantitative estimate of drug-likeness (QED) is 0.206. The molecule has 2 N–H and O–H groups in total. The molecule has 0 spiro atoms. The lowest BCUT2D eigenvalue weighted by Gasteiger charge is -2.14. The molecule has 0 saturated heterocycles. The number of aryl methyl sites for hydroxylation is 6. The molecule has 0 aliphatic carbocycles. The van der Waals surface area contributed by atoms with Gasteiger partial charge in [-0.1, -0.05) is 65.7 Å². The molecular weight excluding hydrogens is 585 g/mol. The summed E-state index contributed by atoms with van der Waals surface area (Å²) in [5.74, 6) is 0. The Morgan fingerprint density at radius 2 is 1.00 bits per heavy atom. The van der Waals surface area contributed by atoms with Gasteiger partial charge in [-0.25, -0.2) is 9.97 Å². The van der Waals surface area contributed by atoms with Gasteiger partial charge in [0.1, 0.15) is 0 Å². The first-order valence-corrected chi connectivity index (χ1v) is 16.6. The van der Waals surface area contributed by atoms with Gasteiger partial charge < -0.3 is 9.97 Å². The second-order valence-corrected chi connectivity index (χ2v) is 13.3. The van der Waals surface area contributed by atoms with Crippen LogP contribution in [0.5, 0.6) is 0 Å². The Bertz CT molecular complexity index is 2460. The highest BCUT2D eigenvalue weighted by Crippen LogP contribution is 2.40. The van der Waals surface area contributed by atoms with Crippen LogP contribution in [0.1, 0.15) is 56.2 Å². The molecule has 0 amide bonds. The molecule has 4 heteroatoms. The van der Waals surface area contributed by atoms with Gasteiger partial charge in [-0.3, -0.25) is 0 Å². The summed E-state index contributed by atoms with van der Waals surface area (Å²) >= 11 is 0. The zero-order valence-corrected chi connectivity index (χ0v) is 28.3. The van der Waals surface area contributed by atoms with Crippen molar-refractivity contribution < 1.29 is 0 Å². The summed E-state index contributed by atoms with van der Waals surface area (Å²) in [6.45, 7) is 13.1. The number of fused-ring (bicyclic) bond motifs is 8. The summed E-state index contributed by atoms with van der Waals surface area (Å²) in [6, 6.07) is 30.5. The summed E-state index contributed by atoms with van der Waals surface area (Å²) in [5, 5.41) is 0. The largest absolute Gasteiger partial charge is 0.355 e. The summed E-state index contributed by atoms with van der Waals surface area (Å²) in [4.78, 5) is 18.1. The van der Waals surface area contributed by atoms with Crippen molar-refractivity contribution in [1.82, 2.24) is 19.9 Å². The van der Waals surface area contributed by atoms with Crippen LogP contribution < -0.4 is 0 Å². The number of benzene rings is 3. The Morgan fingerprint density at radius 3 is 1.60 bits per heavy atom. The maximum Gasteiger partial charge on any atom is 0.0737 e. The van der Waals surface area contributed by atoms with Crippen LogP contribution >= 0.6 is 0 Å². The second-order valence-electron chi connectivity index (χ2n) is 13.3. The van der Waals surface area contributed by atoms with E-state index in [2.05, 4.69) is 161 Å². The van der Waals surface area contributed by atoms with Crippen LogP contribution in [0.2, 0.25) is 0 Å². The Balaban J connectivity index is 1.54. The molecule has 0 unspecified atom stereocenters. The fraction of sp³-hybridized carbons (Fsp3) is 0.136. The number of aromatic nitrogens is 4. The lowest BCUT2D eigenvalue weighted by atomic mass is 9.91. The van der Waals surface area contributed by atoms with Gasteiger partial charge >= 0.3 is 0 Å². The zero-order chi connectivity index (χ0) is 33.1. The molecule has 234 valence electrons. The Labute approximate surface area is 281 Å². The molecule has 0 atom stereocenters. The van der Waals surface area contributed by atoms with E-state index >= 15 is 0 Å². The highest BCUT2D eigenvalue weighted by atomic mass is 14.8. The first-order valence-electron chi connectivity index (χ1n) is 16.6. The van der Waals surface area contributed by atoms with Crippen molar-refractivity contribution in [2.75, 3.05) is 0 Å². The van der Waals surface area contributed by atoms with E-state index in [-0.39, 0.29) is 0 Å². The predicted molar refractivity (Wildman–Crippen MR) is 204 cm³/mol. The van der Waals surface area contributed by atoms with E-state index in [4.69, 9.17) is 9.97 Å². The van der Waals surface area contributed by atoms with Gasteiger partial charge in [0.15, 0.2) is 0 Å². The van der Waals surface area contributed by atoms with E-state index in [1.807, 2.05) is 0 Å². The van der Waals surface area contributed by atoms with E-state index in [1.165, 1.54) is 44.5 Å². The minimum atomic E-state index is 0.903. The molecule has 0 saturated carbocycles. The van der Waals surface area contributed by atoms with Crippen LogP contribution in [0.25, 0.3) is 79.8 Å². The van der Waals surface area contributed by atoms with E-state index < -0.39 is 0 Å². The van der Waals surface area contributed by atoms with Crippen molar-refractivity contribution in [3.05, 3.63) is 141 Å². The van der Waals surface area contributed by atoms with Crippen molar-refractivity contribution in [2.45, 2.75) is 41.5 Å². The molecular formula is C44H38N4. The van der Waals surface area contributed by atoms with Gasteiger partial charge in [-0.05, 0) is 135 Å². The fourth-order valence-corrected chi connectivity index (χ4v) is 7.68. The number of rotatable bonds is 3. The summed E-state index contributed by atoms with van der Waals surface area (Å²) in [7, 11) is 0. The average Bonchev–Trinajstić information content (AvgIpc) is 3.86. The Morgan fingerprint density at radius 1 is 0.458 bits per heavy atom. The number of hydrogen-bond donors (Lipinski definition) is 2. The summed E-state index contributed by atoms with van der Waals surface area (Å²) in [5.41, 5.74) is 22.1. The number of aromatic amines is 2. The van der Waals surface area contributed by atoms with Crippen LogP contribution in [0.3, 0.4) is 0 Å². The number of nitrogens with one attached hydrogen (secondary N) is 2.